The standard InChI is InChI=1S/C27H34N4O3/c1-4-15-31-26(32)24(20-7-13-23(14-8-20)34-6-3)25(27(31)33)28-21-9-11-22(12-10-21)30-18-16-29(5-2)17-19-30/h7-14,28H,4-6,15-19H2,1-3H3. The summed E-state index contributed by atoms with van der Waals surface area (Å²) in [6.45, 7) is 12.3. The third-order valence-corrected chi connectivity index (χ3v) is 6.39. The minimum atomic E-state index is -0.282. The van der Waals surface area contributed by atoms with Gasteiger partial charge in [0.05, 0.1) is 12.2 Å². The van der Waals surface area contributed by atoms with Gasteiger partial charge in [-0.15, -0.1) is 0 Å². The Morgan fingerprint density at radius 1 is 0.853 bits per heavy atom. The molecule has 0 spiro atoms. The van der Waals surface area contributed by atoms with Gasteiger partial charge in [0.2, 0.25) is 0 Å². The topological polar surface area (TPSA) is 65.1 Å². The average Bonchev–Trinajstić information content (AvgIpc) is 3.10. The van der Waals surface area contributed by atoms with Crippen molar-refractivity contribution < 1.29 is 14.3 Å². The highest BCUT2D eigenvalue weighted by Gasteiger charge is 2.38. The largest absolute Gasteiger partial charge is 0.494 e. The van der Waals surface area contributed by atoms with Crippen LogP contribution in [0, 0.1) is 0 Å². The molecule has 180 valence electrons. The van der Waals surface area contributed by atoms with Gasteiger partial charge >= 0.3 is 0 Å². The fraction of sp³-hybridized carbons (Fsp3) is 0.407. The predicted molar refractivity (Wildman–Crippen MR) is 136 cm³/mol. The van der Waals surface area contributed by atoms with Crippen LogP contribution in [0.3, 0.4) is 0 Å². The molecule has 1 saturated heterocycles. The Balaban J connectivity index is 1.57. The number of carbonyl (C=O) groups is 2. The first-order valence-electron chi connectivity index (χ1n) is 12.2. The van der Waals surface area contributed by atoms with E-state index in [9.17, 15) is 9.59 Å². The lowest BCUT2D eigenvalue weighted by Gasteiger charge is -2.35. The Kier molecular flexibility index (Phi) is 7.53. The molecule has 0 unspecified atom stereocenters. The maximum absolute atomic E-state index is 13.2. The van der Waals surface area contributed by atoms with Crippen LogP contribution in [0.5, 0.6) is 5.75 Å². The quantitative estimate of drug-likeness (QED) is 0.572. The minimum absolute atomic E-state index is 0.260. The van der Waals surface area contributed by atoms with E-state index in [0.717, 1.165) is 44.2 Å². The maximum atomic E-state index is 13.2. The van der Waals surface area contributed by atoms with Gasteiger partial charge in [0.25, 0.3) is 11.8 Å². The summed E-state index contributed by atoms with van der Waals surface area (Å²) in [5.74, 6) is 0.193. The molecule has 2 aliphatic heterocycles. The Morgan fingerprint density at radius 3 is 2.12 bits per heavy atom. The molecule has 7 heteroatoms. The zero-order valence-electron chi connectivity index (χ0n) is 20.3. The van der Waals surface area contributed by atoms with Crippen LogP contribution < -0.4 is 15.0 Å². The maximum Gasteiger partial charge on any atom is 0.278 e. The van der Waals surface area contributed by atoms with E-state index in [1.165, 1.54) is 10.6 Å². The Hall–Kier alpha value is -3.32. The number of imide groups is 1. The number of carbonyl (C=O) groups excluding carboxylic acids is 2. The zero-order chi connectivity index (χ0) is 24.1. The lowest BCUT2D eigenvalue weighted by Crippen LogP contribution is -2.46. The number of piperazine rings is 1. The van der Waals surface area contributed by atoms with Crippen molar-refractivity contribution >= 4 is 28.8 Å². The number of hydrogen-bond donors (Lipinski definition) is 1. The lowest BCUT2D eigenvalue weighted by atomic mass is 10.0. The van der Waals surface area contributed by atoms with Crippen molar-refractivity contribution in [2.24, 2.45) is 0 Å². The molecule has 0 aromatic heterocycles. The van der Waals surface area contributed by atoms with Gasteiger partial charge in [-0.3, -0.25) is 14.5 Å². The van der Waals surface area contributed by atoms with Gasteiger partial charge in [-0.05, 0) is 61.9 Å². The van der Waals surface area contributed by atoms with E-state index in [1.807, 2.05) is 50.2 Å². The van der Waals surface area contributed by atoms with E-state index < -0.39 is 0 Å². The highest BCUT2D eigenvalue weighted by Crippen LogP contribution is 2.32. The molecule has 0 saturated carbocycles. The number of anilines is 2. The summed E-state index contributed by atoms with van der Waals surface area (Å²) in [4.78, 5) is 32.5. The van der Waals surface area contributed by atoms with Gasteiger partial charge in [0.1, 0.15) is 11.4 Å². The van der Waals surface area contributed by atoms with Crippen molar-refractivity contribution in [1.82, 2.24) is 9.80 Å². The number of rotatable bonds is 9. The van der Waals surface area contributed by atoms with Gasteiger partial charge in [0.15, 0.2) is 0 Å². The molecule has 0 radical (unpaired) electrons. The SMILES string of the molecule is CCCN1C(=O)C(Nc2ccc(N3CCN(CC)CC3)cc2)=C(c2ccc(OCC)cc2)C1=O. The summed E-state index contributed by atoms with van der Waals surface area (Å²) in [6.07, 6.45) is 0.710. The molecule has 0 aliphatic carbocycles. The Bertz CT molecular complexity index is 1040. The Labute approximate surface area is 202 Å². The molecule has 2 aliphatic rings. The molecule has 2 amide bonds. The fourth-order valence-electron chi connectivity index (χ4n) is 4.49. The summed E-state index contributed by atoms with van der Waals surface area (Å²) in [6, 6.07) is 15.4. The van der Waals surface area contributed by atoms with E-state index in [-0.39, 0.29) is 11.8 Å². The number of nitrogens with one attached hydrogen (secondary N) is 1. The molecule has 0 bridgehead atoms. The number of likely N-dealkylation sites (N-methyl/N-ethyl adjacent to an activating group) is 1. The average molecular weight is 463 g/mol. The third kappa shape index (κ3) is 4.94. The Morgan fingerprint density at radius 2 is 1.53 bits per heavy atom. The highest BCUT2D eigenvalue weighted by atomic mass is 16.5. The fourth-order valence-corrected chi connectivity index (χ4v) is 4.49. The first kappa shape index (κ1) is 23.8. The van der Waals surface area contributed by atoms with Crippen LogP contribution in [-0.4, -0.2) is 67.5 Å². The van der Waals surface area contributed by atoms with Gasteiger partial charge in [-0.25, -0.2) is 0 Å². The summed E-state index contributed by atoms with van der Waals surface area (Å²) in [5.41, 5.74) is 3.39. The molecule has 2 aromatic carbocycles. The summed E-state index contributed by atoms with van der Waals surface area (Å²) < 4.78 is 5.53. The van der Waals surface area contributed by atoms with Crippen molar-refractivity contribution in [2.75, 3.05) is 56.1 Å². The summed E-state index contributed by atoms with van der Waals surface area (Å²) in [5, 5.41) is 3.25. The van der Waals surface area contributed by atoms with Crippen LogP contribution in [0.1, 0.15) is 32.8 Å². The van der Waals surface area contributed by atoms with E-state index in [2.05, 4.69) is 34.2 Å². The molecule has 1 fully saturated rings. The second kappa shape index (κ2) is 10.7. The number of hydrogen-bond acceptors (Lipinski definition) is 6. The van der Waals surface area contributed by atoms with Crippen molar-refractivity contribution in [3.8, 4) is 5.75 Å². The first-order chi connectivity index (χ1) is 16.5. The summed E-state index contributed by atoms with van der Waals surface area (Å²) in [7, 11) is 0. The van der Waals surface area contributed by atoms with E-state index in [4.69, 9.17) is 4.74 Å². The third-order valence-electron chi connectivity index (χ3n) is 6.39. The monoisotopic (exact) mass is 462 g/mol. The van der Waals surface area contributed by atoms with Crippen molar-refractivity contribution in [3.05, 3.63) is 59.8 Å². The van der Waals surface area contributed by atoms with Crippen LogP contribution in [-0.2, 0) is 9.59 Å². The molecule has 4 rings (SSSR count). The number of nitrogens with zero attached hydrogens (tertiary/aromatic N) is 3. The van der Waals surface area contributed by atoms with Gasteiger partial charge in [0, 0.05) is 44.1 Å². The first-order valence-corrected chi connectivity index (χ1v) is 12.2. The van der Waals surface area contributed by atoms with Crippen LogP contribution >= 0.6 is 0 Å². The van der Waals surface area contributed by atoms with Crippen molar-refractivity contribution in [1.29, 1.82) is 0 Å². The predicted octanol–water partition coefficient (Wildman–Crippen LogP) is 3.83. The van der Waals surface area contributed by atoms with E-state index >= 15 is 0 Å². The molecule has 7 nitrogen and oxygen atoms in total. The van der Waals surface area contributed by atoms with Crippen molar-refractivity contribution in [3.63, 3.8) is 0 Å². The highest BCUT2D eigenvalue weighted by molar-refractivity contribution is 6.36. The smallest absolute Gasteiger partial charge is 0.278 e. The zero-order valence-corrected chi connectivity index (χ0v) is 20.3. The van der Waals surface area contributed by atoms with Gasteiger partial charge < -0.3 is 19.9 Å². The second-order valence-corrected chi connectivity index (χ2v) is 8.56. The van der Waals surface area contributed by atoms with Crippen LogP contribution in [0.4, 0.5) is 11.4 Å². The van der Waals surface area contributed by atoms with Crippen molar-refractivity contribution in [2.45, 2.75) is 27.2 Å². The van der Waals surface area contributed by atoms with Crippen LogP contribution in [0.25, 0.3) is 5.57 Å². The molecular weight excluding hydrogens is 428 g/mol. The normalized spacial score (nSPS) is 17.0. The molecule has 2 heterocycles. The second-order valence-electron chi connectivity index (χ2n) is 8.56. The lowest BCUT2D eigenvalue weighted by molar-refractivity contribution is -0.136. The van der Waals surface area contributed by atoms with Crippen LogP contribution in [0.2, 0.25) is 0 Å². The summed E-state index contributed by atoms with van der Waals surface area (Å²) >= 11 is 0. The molecule has 0 atom stereocenters. The number of amides is 2. The molecule has 2 aromatic rings. The minimum Gasteiger partial charge on any atom is -0.494 e. The molecule has 34 heavy (non-hydrogen) atoms. The van der Waals surface area contributed by atoms with Gasteiger partial charge in [-0.2, -0.15) is 0 Å². The van der Waals surface area contributed by atoms with Gasteiger partial charge in [-0.1, -0.05) is 26.0 Å². The number of ether oxygens (including phenoxy) is 1. The number of benzene rings is 2. The van der Waals surface area contributed by atoms with Crippen LogP contribution in [0.15, 0.2) is 54.2 Å². The van der Waals surface area contributed by atoms with E-state index in [0.29, 0.717) is 36.4 Å². The molecule has 1 N–H and O–H groups in total. The molecular formula is C27H34N4O3. The van der Waals surface area contributed by atoms with E-state index in [1.54, 1.807) is 0 Å².